The van der Waals surface area contributed by atoms with Crippen LogP contribution in [0.25, 0.3) is 0 Å². The monoisotopic (exact) mass is 566 g/mol. The quantitative estimate of drug-likeness (QED) is 0.413. The highest BCUT2D eigenvalue weighted by atomic mass is 16.7. The van der Waals surface area contributed by atoms with E-state index in [4.69, 9.17) is 9.47 Å². The molecular weight excluding hydrogens is 528 g/mol. The van der Waals surface area contributed by atoms with Crippen LogP contribution in [-0.2, 0) is 27.4 Å². The van der Waals surface area contributed by atoms with E-state index in [2.05, 4.69) is 16.5 Å². The number of anilines is 1. The van der Waals surface area contributed by atoms with Crippen molar-refractivity contribution in [3.8, 4) is 0 Å². The van der Waals surface area contributed by atoms with E-state index in [1.165, 1.54) is 0 Å². The summed E-state index contributed by atoms with van der Waals surface area (Å²) in [5, 5.41) is 0. The van der Waals surface area contributed by atoms with E-state index in [0.717, 1.165) is 42.0 Å². The summed E-state index contributed by atoms with van der Waals surface area (Å²) in [6.45, 7) is 2.70. The maximum atomic E-state index is 14.3. The van der Waals surface area contributed by atoms with Crippen molar-refractivity contribution in [3.05, 3.63) is 113 Å². The van der Waals surface area contributed by atoms with E-state index in [1.54, 1.807) is 25.2 Å². The fourth-order valence-electron chi connectivity index (χ4n) is 6.54. The standard InChI is InChI=1S/C34H38N4O4/c1-35-19-18-27(22-35)36(2)33(40)31-17-15-28-23-38(30-13-9-8-12-26(30)21-37(28)31)32(39)25-14-16-29(24-10-6-5-7-11-24)34(20-25,41-3)42-4/h5-17,20,27,29H,18-19,21-23H2,1-4H3. The summed E-state index contributed by atoms with van der Waals surface area (Å²) in [7, 11) is 7.19. The highest BCUT2D eigenvalue weighted by molar-refractivity contribution is 6.08. The molecular formula is C34H38N4O4. The Morgan fingerprint density at radius 2 is 1.69 bits per heavy atom. The van der Waals surface area contributed by atoms with Gasteiger partial charge in [-0.15, -0.1) is 0 Å². The fraction of sp³-hybridized carbons (Fsp3) is 0.353. The Balaban J connectivity index is 1.33. The van der Waals surface area contributed by atoms with Gasteiger partial charge < -0.3 is 28.7 Å². The minimum absolute atomic E-state index is 0.00802. The van der Waals surface area contributed by atoms with Gasteiger partial charge in [0.05, 0.1) is 19.0 Å². The van der Waals surface area contributed by atoms with Crippen molar-refractivity contribution in [2.24, 2.45) is 0 Å². The number of aromatic nitrogens is 1. The summed E-state index contributed by atoms with van der Waals surface area (Å²) in [5.74, 6) is -1.50. The Morgan fingerprint density at radius 3 is 2.40 bits per heavy atom. The summed E-state index contributed by atoms with van der Waals surface area (Å²) < 4.78 is 14.0. The second kappa shape index (κ2) is 11.4. The fourth-order valence-corrected chi connectivity index (χ4v) is 6.54. The molecule has 0 N–H and O–H groups in total. The molecule has 2 aromatic carbocycles. The van der Waals surface area contributed by atoms with E-state index >= 15 is 0 Å². The summed E-state index contributed by atoms with van der Waals surface area (Å²) in [6, 6.07) is 22.0. The number of carbonyl (C=O) groups is 2. The van der Waals surface area contributed by atoms with Crippen molar-refractivity contribution in [2.45, 2.75) is 37.3 Å². The van der Waals surface area contributed by atoms with E-state index < -0.39 is 5.79 Å². The molecule has 2 amide bonds. The second-order valence-electron chi connectivity index (χ2n) is 11.4. The maximum Gasteiger partial charge on any atom is 0.270 e. The van der Waals surface area contributed by atoms with Crippen LogP contribution in [0, 0.1) is 0 Å². The molecule has 3 aromatic rings. The highest BCUT2D eigenvalue weighted by Gasteiger charge is 2.41. The lowest BCUT2D eigenvalue weighted by Crippen LogP contribution is -2.41. The molecule has 1 fully saturated rings. The van der Waals surface area contributed by atoms with Crippen LogP contribution in [0.2, 0.25) is 0 Å². The van der Waals surface area contributed by atoms with Gasteiger partial charge in [0.25, 0.3) is 11.8 Å². The second-order valence-corrected chi connectivity index (χ2v) is 11.4. The molecule has 3 heterocycles. The zero-order valence-corrected chi connectivity index (χ0v) is 24.7. The maximum absolute atomic E-state index is 14.3. The van der Waals surface area contributed by atoms with Crippen molar-refractivity contribution < 1.29 is 19.1 Å². The van der Waals surface area contributed by atoms with E-state index in [-0.39, 0.29) is 23.8 Å². The molecule has 0 radical (unpaired) electrons. The Morgan fingerprint density at radius 1 is 0.952 bits per heavy atom. The number of rotatable bonds is 6. The summed E-state index contributed by atoms with van der Waals surface area (Å²) in [5.41, 5.74) is 4.88. The SMILES string of the molecule is COC1(OC)C=C(C(=O)N2Cc3ccc(C(=O)N(C)C4CCN(C)C4)n3Cc3ccccc32)C=CC1c1ccccc1. The molecule has 6 rings (SSSR count). The molecule has 0 spiro atoms. The number of nitrogens with zero attached hydrogens (tertiary/aromatic N) is 4. The molecule has 218 valence electrons. The predicted molar refractivity (Wildman–Crippen MR) is 162 cm³/mol. The summed E-state index contributed by atoms with van der Waals surface area (Å²) in [4.78, 5) is 33.9. The normalized spacial score (nSPS) is 21.3. The number of para-hydroxylation sites is 1. The lowest BCUT2D eigenvalue weighted by molar-refractivity contribution is -0.179. The van der Waals surface area contributed by atoms with Crippen LogP contribution in [0.15, 0.2) is 90.5 Å². The number of likely N-dealkylation sites (N-methyl/N-ethyl adjacent to an activating group) is 2. The zero-order valence-electron chi connectivity index (χ0n) is 24.7. The third-order valence-corrected chi connectivity index (χ3v) is 9.00. The topological polar surface area (TPSA) is 67.2 Å². The molecule has 0 saturated carbocycles. The number of amides is 2. The molecule has 1 aromatic heterocycles. The van der Waals surface area contributed by atoms with E-state index in [9.17, 15) is 9.59 Å². The molecule has 0 bridgehead atoms. The number of methoxy groups -OCH3 is 2. The predicted octanol–water partition coefficient (Wildman–Crippen LogP) is 4.43. The number of hydrogen-bond donors (Lipinski definition) is 0. The van der Waals surface area contributed by atoms with Crippen molar-refractivity contribution in [1.82, 2.24) is 14.4 Å². The van der Waals surface area contributed by atoms with Gasteiger partial charge in [0.15, 0.2) is 5.79 Å². The first-order valence-electron chi connectivity index (χ1n) is 14.5. The average molecular weight is 567 g/mol. The Kier molecular flexibility index (Phi) is 7.62. The Bertz CT molecular complexity index is 1540. The molecule has 1 aliphatic carbocycles. The number of likely N-dealkylation sites (tertiary alicyclic amines) is 1. The third-order valence-electron chi connectivity index (χ3n) is 9.00. The molecule has 42 heavy (non-hydrogen) atoms. The first kappa shape index (κ1) is 28.2. The van der Waals surface area contributed by atoms with Crippen LogP contribution >= 0.6 is 0 Å². The lowest BCUT2D eigenvalue weighted by Gasteiger charge is -2.37. The highest BCUT2D eigenvalue weighted by Crippen LogP contribution is 2.40. The van der Waals surface area contributed by atoms with Crippen molar-refractivity contribution in [2.75, 3.05) is 46.3 Å². The van der Waals surface area contributed by atoms with Gasteiger partial charge in [0.1, 0.15) is 5.69 Å². The molecule has 8 nitrogen and oxygen atoms in total. The summed E-state index contributed by atoms with van der Waals surface area (Å²) in [6.07, 6.45) is 6.61. The average Bonchev–Trinajstić information content (AvgIpc) is 3.60. The first-order chi connectivity index (χ1) is 20.3. The molecule has 1 saturated heterocycles. The third kappa shape index (κ3) is 4.89. The van der Waals surface area contributed by atoms with Gasteiger partial charge in [0, 0.05) is 50.8 Å². The molecule has 3 aliphatic rings. The van der Waals surface area contributed by atoms with Crippen molar-refractivity contribution >= 4 is 17.5 Å². The Labute approximate surface area is 247 Å². The van der Waals surface area contributed by atoms with E-state index in [0.29, 0.717) is 24.4 Å². The smallest absolute Gasteiger partial charge is 0.270 e. The number of ether oxygens (including phenoxy) is 2. The molecule has 8 heteroatoms. The Hall–Kier alpha value is -3.98. The van der Waals surface area contributed by atoms with Crippen molar-refractivity contribution in [1.29, 1.82) is 0 Å². The van der Waals surface area contributed by atoms with Crippen LogP contribution in [-0.4, -0.2) is 79.4 Å². The summed E-state index contributed by atoms with van der Waals surface area (Å²) >= 11 is 0. The minimum Gasteiger partial charge on any atom is -0.349 e. The molecule has 2 unspecified atom stereocenters. The van der Waals surface area contributed by atoms with Gasteiger partial charge in [-0.1, -0.05) is 60.7 Å². The largest absolute Gasteiger partial charge is 0.349 e. The van der Waals surface area contributed by atoms with Gasteiger partial charge in [0.2, 0.25) is 0 Å². The van der Waals surface area contributed by atoms with E-state index in [1.807, 2.05) is 90.8 Å². The molecule has 2 aliphatic heterocycles. The number of benzene rings is 2. The van der Waals surface area contributed by atoms with Gasteiger partial charge in [-0.25, -0.2) is 0 Å². The first-order valence-corrected chi connectivity index (χ1v) is 14.5. The number of hydrogen-bond acceptors (Lipinski definition) is 5. The lowest BCUT2D eigenvalue weighted by atomic mass is 9.84. The van der Waals surface area contributed by atoms with Crippen LogP contribution in [0.4, 0.5) is 5.69 Å². The molecule has 2 atom stereocenters. The number of fused-ring (bicyclic) bond motifs is 2. The van der Waals surface area contributed by atoms with Gasteiger partial charge in [-0.2, -0.15) is 0 Å². The van der Waals surface area contributed by atoms with Gasteiger partial charge in [-0.3, -0.25) is 9.59 Å². The minimum atomic E-state index is -1.13. The number of carbonyl (C=O) groups excluding carboxylic acids is 2. The zero-order chi connectivity index (χ0) is 29.4. The van der Waals surface area contributed by atoms with Crippen LogP contribution in [0.1, 0.15) is 39.6 Å². The van der Waals surface area contributed by atoms with Crippen LogP contribution in [0.5, 0.6) is 0 Å². The van der Waals surface area contributed by atoms with Crippen molar-refractivity contribution in [3.63, 3.8) is 0 Å². The van der Waals surface area contributed by atoms with Gasteiger partial charge in [-0.05, 0) is 55.4 Å². The van der Waals surface area contributed by atoms with Crippen LogP contribution < -0.4 is 4.90 Å². The van der Waals surface area contributed by atoms with Gasteiger partial charge >= 0.3 is 0 Å². The van der Waals surface area contributed by atoms with Crippen LogP contribution in [0.3, 0.4) is 0 Å².